The van der Waals surface area contributed by atoms with Crippen molar-refractivity contribution >= 4 is 40.3 Å². The van der Waals surface area contributed by atoms with Gasteiger partial charge in [-0.3, -0.25) is 0 Å². The Morgan fingerprint density at radius 2 is 2.06 bits per heavy atom. The van der Waals surface area contributed by atoms with Crippen molar-refractivity contribution in [3.8, 4) is 11.5 Å². The van der Waals surface area contributed by atoms with E-state index in [1.165, 1.54) is 30.2 Å². The van der Waals surface area contributed by atoms with E-state index in [9.17, 15) is 8.78 Å². The summed E-state index contributed by atoms with van der Waals surface area (Å²) in [7, 11) is 0. The Hall–Kier alpha value is -2.85. The van der Waals surface area contributed by atoms with Crippen LogP contribution in [0.3, 0.4) is 0 Å². The summed E-state index contributed by atoms with van der Waals surface area (Å²) in [6, 6.07) is 4.60. The Balaban J connectivity index is 1.48. The van der Waals surface area contributed by atoms with Crippen LogP contribution in [0, 0.1) is 5.41 Å². The average Bonchev–Trinajstić information content (AvgIpc) is 3.25. The van der Waals surface area contributed by atoms with Crippen LogP contribution in [-0.4, -0.2) is 25.8 Å². The van der Waals surface area contributed by atoms with Crippen molar-refractivity contribution in [3.05, 3.63) is 47.8 Å². The van der Waals surface area contributed by atoms with E-state index < -0.39 is 6.29 Å². The largest absolute Gasteiger partial charge is 0.586 e. The lowest BCUT2D eigenvalue weighted by molar-refractivity contribution is -0.286. The minimum absolute atomic E-state index is 0.0114. The molecule has 2 N–H and O–H groups in total. The van der Waals surface area contributed by atoms with Crippen molar-refractivity contribution in [2.45, 2.75) is 42.7 Å². The lowest BCUT2D eigenvalue weighted by Gasteiger charge is -2.30. The number of anilines is 1. The Bertz CT molecular complexity index is 1280. The number of ether oxygens (including phenoxy) is 2. The molecule has 32 heavy (non-hydrogen) atoms. The first-order valence-corrected chi connectivity index (χ1v) is 11.0. The van der Waals surface area contributed by atoms with E-state index >= 15 is 0 Å². The molecule has 0 bridgehead atoms. The Labute approximate surface area is 191 Å². The van der Waals surface area contributed by atoms with E-state index in [0.717, 1.165) is 17.9 Å². The summed E-state index contributed by atoms with van der Waals surface area (Å²) >= 11 is 7.79. The number of halogens is 3. The number of nitrogen functional groups attached to an aromatic ring is 1. The quantitative estimate of drug-likeness (QED) is 0.529. The highest BCUT2D eigenvalue weighted by Crippen LogP contribution is 2.45. The number of allylic oxidation sites excluding steroid dienone is 4. The molecule has 5 rings (SSSR count). The number of hydrogen-bond donors (Lipinski definition) is 1. The molecule has 0 saturated carbocycles. The van der Waals surface area contributed by atoms with Crippen LogP contribution in [0.1, 0.15) is 19.8 Å². The van der Waals surface area contributed by atoms with E-state index in [-0.39, 0.29) is 22.7 Å². The second-order valence-electron chi connectivity index (χ2n) is 7.81. The van der Waals surface area contributed by atoms with Gasteiger partial charge in [0.25, 0.3) is 0 Å². The van der Waals surface area contributed by atoms with Crippen molar-refractivity contribution in [1.29, 1.82) is 0 Å². The maximum absolute atomic E-state index is 13.4. The van der Waals surface area contributed by atoms with Crippen LogP contribution in [0.2, 0.25) is 0 Å². The Morgan fingerprint density at radius 1 is 1.25 bits per heavy atom. The molecule has 2 aromatic heterocycles. The van der Waals surface area contributed by atoms with Gasteiger partial charge in [-0.2, -0.15) is 0 Å². The Kier molecular flexibility index (Phi) is 5.01. The number of nitrogens with zero attached hydrogens (tertiary/aromatic N) is 4. The predicted molar refractivity (Wildman–Crippen MR) is 117 cm³/mol. The third kappa shape index (κ3) is 3.77. The fourth-order valence-electron chi connectivity index (χ4n) is 3.67. The standard InChI is InChI=1S/C21H18ClF2N5O2S/c1-20(7-3-2-4-15(20)22)8-9-29-18-16(17(25)26-11-27-18)28-19(29)32-12-5-6-13-14(10-12)31-21(23,24)30-13/h2-6,10-11H,7-9H2,1H3,(H2,25,26,27). The summed E-state index contributed by atoms with van der Waals surface area (Å²) < 4.78 is 37.7. The molecule has 3 heterocycles. The number of benzene rings is 1. The van der Waals surface area contributed by atoms with Gasteiger partial charge in [0.15, 0.2) is 33.6 Å². The lowest BCUT2D eigenvalue weighted by Crippen LogP contribution is -2.25. The molecule has 0 saturated heterocycles. The molecular weight excluding hydrogens is 460 g/mol. The van der Waals surface area contributed by atoms with Gasteiger partial charge < -0.3 is 19.8 Å². The number of fused-ring (bicyclic) bond motifs is 2. The van der Waals surface area contributed by atoms with Gasteiger partial charge in [-0.15, -0.1) is 8.78 Å². The smallest absolute Gasteiger partial charge is 0.395 e. The molecular formula is C21H18ClF2N5O2S. The van der Waals surface area contributed by atoms with E-state index in [2.05, 4.69) is 37.4 Å². The van der Waals surface area contributed by atoms with Gasteiger partial charge in [0.2, 0.25) is 0 Å². The molecule has 166 valence electrons. The monoisotopic (exact) mass is 477 g/mol. The van der Waals surface area contributed by atoms with E-state index in [1.807, 2.05) is 16.7 Å². The molecule has 2 aliphatic rings. The van der Waals surface area contributed by atoms with Crippen LogP contribution in [0.25, 0.3) is 11.2 Å². The predicted octanol–water partition coefficient (Wildman–Crippen LogP) is 5.36. The molecule has 1 aliphatic carbocycles. The van der Waals surface area contributed by atoms with Crippen molar-refractivity contribution in [2.24, 2.45) is 5.41 Å². The summed E-state index contributed by atoms with van der Waals surface area (Å²) in [6.45, 7) is 2.69. The number of hydrogen-bond acceptors (Lipinski definition) is 7. The summed E-state index contributed by atoms with van der Waals surface area (Å²) in [5.74, 6) is 0.230. The maximum Gasteiger partial charge on any atom is 0.586 e. The molecule has 3 aromatic rings. The minimum atomic E-state index is -3.67. The van der Waals surface area contributed by atoms with Gasteiger partial charge in [0, 0.05) is 21.9 Å². The molecule has 11 heteroatoms. The number of alkyl halides is 2. The molecule has 0 spiro atoms. The number of aromatic nitrogens is 4. The van der Waals surface area contributed by atoms with E-state index in [4.69, 9.17) is 17.3 Å². The van der Waals surface area contributed by atoms with Gasteiger partial charge in [0.1, 0.15) is 6.33 Å². The van der Waals surface area contributed by atoms with Crippen LogP contribution in [-0.2, 0) is 6.54 Å². The summed E-state index contributed by atoms with van der Waals surface area (Å²) in [5.41, 5.74) is 6.90. The Morgan fingerprint density at radius 3 is 2.88 bits per heavy atom. The number of imidazole rings is 1. The molecule has 0 radical (unpaired) electrons. The maximum atomic E-state index is 13.4. The van der Waals surface area contributed by atoms with Crippen LogP contribution >= 0.6 is 23.4 Å². The topological polar surface area (TPSA) is 88.1 Å². The van der Waals surface area contributed by atoms with Crippen LogP contribution in [0.5, 0.6) is 11.5 Å². The molecule has 0 fully saturated rings. The van der Waals surface area contributed by atoms with Gasteiger partial charge in [-0.05, 0) is 37.1 Å². The number of rotatable bonds is 5. The van der Waals surface area contributed by atoms with Gasteiger partial charge in [0.05, 0.1) is 0 Å². The summed E-state index contributed by atoms with van der Waals surface area (Å²) in [5, 5.41) is 1.40. The van der Waals surface area contributed by atoms with Gasteiger partial charge in [-0.1, -0.05) is 42.4 Å². The highest BCUT2D eigenvalue weighted by Gasteiger charge is 2.43. The first kappa shape index (κ1) is 21.0. The minimum Gasteiger partial charge on any atom is -0.395 e. The molecule has 1 unspecified atom stereocenters. The lowest BCUT2D eigenvalue weighted by atomic mass is 9.80. The fraction of sp³-hybridized carbons (Fsp3) is 0.286. The molecule has 1 atom stereocenters. The van der Waals surface area contributed by atoms with Crippen molar-refractivity contribution < 1.29 is 18.3 Å². The SMILES string of the molecule is CC1(CCn2c(Sc3ccc4c(c3)OC(F)(F)O4)nc3c(N)ncnc32)CC=CC=C1Cl. The van der Waals surface area contributed by atoms with E-state index in [1.54, 1.807) is 6.07 Å². The van der Waals surface area contributed by atoms with Crippen LogP contribution in [0.4, 0.5) is 14.6 Å². The highest BCUT2D eigenvalue weighted by atomic mass is 35.5. The molecule has 1 aromatic carbocycles. The second kappa shape index (κ2) is 7.63. The summed E-state index contributed by atoms with van der Waals surface area (Å²) in [6.07, 6.45) is 5.25. The first-order chi connectivity index (χ1) is 15.2. The van der Waals surface area contributed by atoms with Gasteiger partial charge >= 0.3 is 6.29 Å². The second-order valence-corrected chi connectivity index (χ2v) is 9.26. The zero-order chi connectivity index (χ0) is 22.5. The zero-order valence-corrected chi connectivity index (χ0v) is 18.5. The molecule has 7 nitrogen and oxygen atoms in total. The highest BCUT2D eigenvalue weighted by molar-refractivity contribution is 7.99. The molecule has 0 amide bonds. The number of aryl methyl sites for hydroxylation is 1. The van der Waals surface area contributed by atoms with Crippen LogP contribution in [0.15, 0.2) is 57.8 Å². The van der Waals surface area contributed by atoms with Crippen LogP contribution < -0.4 is 15.2 Å². The van der Waals surface area contributed by atoms with Crippen molar-refractivity contribution in [2.75, 3.05) is 5.73 Å². The first-order valence-electron chi connectivity index (χ1n) is 9.81. The third-order valence-corrected chi connectivity index (χ3v) is 7.08. The number of nitrogens with two attached hydrogens (primary N) is 1. The fourth-order valence-corrected chi connectivity index (χ4v) is 4.85. The molecule has 1 aliphatic heterocycles. The summed E-state index contributed by atoms with van der Waals surface area (Å²) in [4.78, 5) is 13.7. The normalized spacial score (nSPS) is 21.2. The van der Waals surface area contributed by atoms with Crippen molar-refractivity contribution in [3.63, 3.8) is 0 Å². The van der Waals surface area contributed by atoms with Gasteiger partial charge in [-0.25, -0.2) is 15.0 Å². The average molecular weight is 478 g/mol. The van der Waals surface area contributed by atoms with Crippen molar-refractivity contribution in [1.82, 2.24) is 19.5 Å². The van der Waals surface area contributed by atoms with E-state index in [0.29, 0.717) is 27.8 Å². The zero-order valence-electron chi connectivity index (χ0n) is 16.9. The third-order valence-electron chi connectivity index (χ3n) is 5.52.